The van der Waals surface area contributed by atoms with Gasteiger partial charge < -0.3 is 0 Å². The molecule has 0 saturated heterocycles. The van der Waals surface area contributed by atoms with E-state index in [0.29, 0.717) is 12.0 Å². The second-order valence-corrected chi connectivity index (χ2v) is 5.07. The number of benzene rings is 1. The molecule has 1 heteroatoms. The monoisotopic (exact) mass is 224 g/mol. The third-order valence-electron chi connectivity index (χ3n) is 3.83. The minimum Gasteiger partial charge on any atom is -0.196 e. The molecule has 0 bridgehead atoms. The van der Waals surface area contributed by atoms with Crippen LogP contribution in [0.3, 0.4) is 0 Å². The van der Waals surface area contributed by atoms with Gasteiger partial charge in [0.2, 0.25) is 5.69 Å². The van der Waals surface area contributed by atoms with Gasteiger partial charge >= 0.3 is 0 Å². The van der Waals surface area contributed by atoms with Crippen LogP contribution in [0.4, 0.5) is 0 Å². The first kappa shape index (κ1) is 10.5. The molecule has 2 atom stereocenters. The molecule has 1 aromatic heterocycles. The second kappa shape index (κ2) is 3.99. The number of fused-ring (bicyclic) bond motifs is 3. The molecule has 0 spiro atoms. The minimum atomic E-state index is 0.564. The zero-order chi connectivity index (χ0) is 11.8. The number of pyridine rings is 1. The van der Waals surface area contributed by atoms with E-state index in [-0.39, 0.29) is 0 Å². The van der Waals surface area contributed by atoms with Crippen LogP contribution >= 0.6 is 0 Å². The fourth-order valence-corrected chi connectivity index (χ4v) is 2.98. The Balaban J connectivity index is 2.30. The average molecular weight is 224 g/mol. The van der Waals surface area contributed by atoms with Crippen molar-refractivity contribution in [1.29, 1.82) is 0 Å². The summed E-state index contributed by atoms with van der Waals surface area (Å²) in [4.78, 5) is 0. The molecular formula is C16H18N+. The van der Waals surface area contributed by atoms with Crippen LogP contribution in [0.1, 0.15) is 37.8 Å². The highest BCUT2D eigenvalue weighted by molar-refractivity contribution is 5.62. The van der Waals surface area contributed by atoms with Gasteiger partial charge in [0.15, 0.2) is 12.2 Å². The normalized spacial score (nSPS) is 22.5. The molecule has 2 aromatic rings. The van der Waals surface area contributed by atoms with Gasteiger partial charge in [-0.1, -0.05) is 25.1 Å². The van der Waals surface area contributed by atoms with E-state index in [9.17, 15) is 0 Å². The Morgan fingerprint density at radius 2 is 1.76 bits per heavy atom. The van der Waals surface area contributed by atoms with Gasteiger partial charge in [-0.2, -0.15) is 4.57 Å². The first-order valence-electron chi connectivity index (χ1n) is 6.37. The van der Waals surface area contributed by atoms with Crippen molar-refractivity contribution in [3.63, 3.8) is 0 Å². The summed E-state index contributed by atoms with van der Waals surface area (Å²) >= 11 is 0. The van der Waals surface area contributed by atoms with Crippen molar-refractivity contribution in [3.8, 4) is 11.3 Å². The summed E-state index contributed by atoms with van der Waals surface area (Å²) in [5.41, 5.74) is 4.22. The van der Waals surface area contributed by atoms with E-state index in [4.69, 9.17) is 0 Å². The summed E-state index contributed by atoms with van der Waals surface area (Å²) in [5, 5.41) is 0. The Hall–Kier alpha value is -1.63. The molecule has 1 aromatic carbocycles. The number of rotatable bonds is 0. The van der Waals surface area contributed by atoms with Gasteiger partial charge in [-0.3, -0.25) is 0 Å². The summed E-state index contributed by atoms with van der Waals surface area (Å²) in [6.07, 6.45) is 3.41. The Morgan fingerprint density at radius 1 is 1.00 bits per heavy atom. The van der Waals surface area contributed by atoms with E-state index < -0.39 is 0 Å². The quantitative estimate of drug-likeness (QED) is 0.601. The van der Waals surface area contributed by atoms with E-state index in [2.05, 4.69) is 67.1 Å². The molecule has 1 nitrogen and oxygen atoms in total. The summed E-state index contributed by atoms with van der Waals surface area (Å²) in [5.74, 6) is 0.626. The predicted molar refractivity (Wildman–Crippen MR) is 69.8 cm³/mol. The Morgan fingerprint density at radius 3 is 2.65 bits per heavy atom. The molecule has 2 heterocycles. The SMILES string of the molecule is CC1CC(C)[n+]2ccccc2-c2ccccc21. The molecule has 0 amide bonds. The summed E-state index contributed by atoms with van der Waals surface area (Å²) in [6, 6.07) is 15.9. The first-order chi connectivity index (χ1) is 8.27. The molecule has 0 fully saturated rings. The predicted octanol–water partition coefficient (Wildman–Crippen LogP) is 3.71. The van der Waals surface area contributed by atoms with Crippen LogP contribution in [0.2, 0.25) is 0 Å². The van der Waals surface area contributed by atoms with Crippen molar-refractivity contribution in [2.75, 3.05) is 0 Å². The summed E-state index contributed by atoms with van der Waals surface area (Å²) in [6.45, 7) is 4.65. The van der Waals surface area contributed by atoms with Crippen LogP contribution in [0.15, 0.2) is 48.7 Å². The molecular weight excluding hydrogens is 206 g/mol. The summed E-state index contributed by atoms with van der Waals surface area (Å²) in [7, 11) is 0. The summed E-state index contributed by atoms with van der Waals surface area (Å²) < 4.78 is 2.41. The van der Waals surface area contributed by atoms with Crippen LogP contribution in [0.5, 0.6) is 0 Å². The molecule has 17 heavy (non-hydrogen) atoms. The lowest BCUT2D eigenvalue weighted by Gasteiger charge is -2.10. The highest BCUT2D eigenvalue weighted by Crippen LogP contribution is 2.34. The van der Waals surface area contributed by atoms with Crippen molar-refractivity contribution in [3.05, 3.63) is 54.2 Å². The van der Waals surface area contributed by atoms with Crippen molar-refractivity contribution >= 4 is 0 Å². The second-order valence-electron chi connectivity index (χ2n) is 5.07. The van der Waals surface area contributed by atoms with E-state index in [0.717, 1.165) is 0 Å². The number of hydrogen-bond acceptors (Lipinski definition) is 0. The Bertz CT molecular complexity index is 495. The highest BCUT2D eigenvalue weighted by Gasteiger charge is 2.28. The standard InChI is InChI=1S/C16H18N/c1-12-11-13(2)17-10-6-5-9-16(17)15-8-4-3-7-14(12)15/h3-10,12-13H,11H2,1-2H3/q+1. The molecule has 0 aliphatic carbocycles. The fourth-order valence-electron chi connectivity index (χ4n) is 2.98. The highest BCUT2D eigenvalue weighted by atomic mass is 15.0. The molecule has 0 radical (unpaired) electrons. The number of aromatic nitrogens is 1. The van der Waals surface area contributed by atoms with Crippen LogP contribution in [0.25, 0.3) is 11.3 Å². The maximum atomic E-state index is 2.41. The lowest BCUT2D eigenvalue weighted by atomic mass is 9.92. The van der Waals surface area contributed by atoms with Gasteiger partial charge in [0.05, 0.1) is 0 Å². The van der Waals surface area contributed by atoms with Crippen LogP contribution < -0.4 is 4.57 Å². The van der Waals surface area contributed by atoms with Crippen molar-refractivity contribution in [1.82, 2.24) is 0 Å². The maximum Gasteiger partial charge on any atom is 0.212 e. The van der Waals surface area contributed by atoms with E-state index in [1.165, 1.54) is 23.2 Å². The smallest absolute Gasteiger partial charge is 0.196 e. The van der Waals surface area contributed by atoms with Crippen LogP contribution in [0, 0.1) is 0 Å². The van der Waals surface area contributed by atoms with E-state index in [1.807, 2.05) is 0 Å². The van der Waals surface area contributed by atoms with Crippen LogP contribution in [-0.2, 0) is 0 Å². The van der Waals surface area contributed by atoms with E-state index in [1.54, 1.807) is 0 Å². The minimum absolute atomic E-state index is 0.564. The largest absolute Gasteiger partial charge is 0.212 e. The molecule has 3 rings (SSSR count). The van der Waals surface area contributed by atoms with Crippen LogP contribution in [-0.4, -0.2) is 0 Å². The third kappa shape index (κ3) is 1.66. The topological polar surface area (TPSA) is 3.88 Å². The number of hydrogen-bond donors (Lipinski definition) is 0. The van der Waals surface area contributed by atoms with Crippen molar-refractivity contribution in [2.24, 2.45) is 0 Å². The lowest BCUT2D eigenvalue weighted by molar-refractivity contribution is -0.709. The zero-order valence-corrected chi connectivity index (χ0v) is 10.4. The van der Waals surface area contributed by atoms with Gasteiger partial charge in [-0.05, 0) is 30.5 Å². The van der Waals surface area contributed by atoms with Crippen molar-refractivity contribution in [2.45, 2.75) is 32.2 Å². The first-order valence-corrected chi connectivity index (χ1v) is 6.37. The fraction of sp³-hybridized carbons (Fsp3) is 0.312. The van der Waals surface area contributed by atoms with Crippen molar-refractivity contribution < 1.29 is 4.57 Å². The van der Waals surface area contributed by atoms with Gasteiger partial charge in [-0.15, -0.1) is 0 Å². The average Bonchev–Trinajstić information content (AvgIpc) is 2.48. The Kier molecular flexibility index (Phi) is 2.47. The van der Waals surface area contributed by atoms with Gasteiger partial charge in [0, 0.05) is 24.1 Å². The van der Waals surface area contributed by atoms with Gasteiger partial charge in [-0.25, -0.2) is 0 Å². The molecule has 0 saturated carbocycles. The van der Waals surface area contributed by atoms with E-state index >= 15 is 0 Å². The van der Waals surface area contributed by atoms with Gasteiger partial charge in [0.1, 0.15) is 0 Å². The molecule has 1 aliphatic heterocycles. The third-order valence-corrected chi connectivity index (χ3v) is 3.83. The lowest BCUT2D eigenvalue weighted by Crippen LogP contribution is -2.38. The molecule has 86 valence electrons. The molecule has 1 aliphatic rings. The van der Waals surface area contributed by atoms with Gasteiger partial charge in [0.25, 0.3) is 0 Å². The molecule has 2 unspecified atom stereocenters. The zero-order valence-electron chi connectivity index (χ0n) is 10.4. The number of nitrogens with zero attached hydrogens (tertiary/aromatic N) is 1. The molecule has 0 N–H and O–H groups in total. The Labute approximate surface area is 103 Å². The maximum absolute atomic E-state index is 2.41.